The Hall–Kier alpha value is -1.48. The predicted molar refractivity (Wildman–Crippen MR) is 82.5 cm³/mol. The van der Waals surface area contributed by atoms with E-state index < -0.39 is 10.0 Å². The van der Waals surface area contributed by atoms with Gasteiger partial charge < -0.3 is 4.74 Å². The van der Waals surface area contributed by atoms with Gasteiger partial charge in [0.2, 0.25) is 10.0 Å². The molecule has 3 heterocycles. The molecule has 0 amide bonds. The normalized spacial score (nSPS) is 24.9. The van der Waals surface area contributed by atoms with E-state index in [1.54, 1.807) is 18.3 Å². The van der Waals surface area contributed by atoms with Crippen LogP contribution in [0.5, 0.6) is 0 Å². The Bertz CT molecular complexity index is 821. The van der Waals surface area contributed by atoms with Crippen molar-refractivity contribution in [1.29, 1.82) is 0 Å². The molecule has 0 spiro atoms. The predicted octanol–water partition coefficient (Wildman–Crippen LogP) is 1.47. The monoisotopic (exact) mass is 354 g/mol. The maximum atomic E-state index is 12.8. The van der Waals surface area contributed by atoms with Crippen LogP contribution < -0.4 is 0 Å². The largest absolute Gasteiger partial charge is 0.368 e. The molecule has 1 aromatic heterocycles. The highest BCUT2D eigenvalue weighted by Crippen LogP contribution is 2.32. The SMILES string of the molecule is O=S(=O)(c1ccc(Cl)cc1)N1CC[C@H]2[C@H](C1)OCc1cnnn12. The molecule has 2 atom stereocenters. The molecule has 2 aromatic rings. The zero-order chi connectivity index (χ0) is 16.0. The van der Waals surface area contributed by atoms with Crippen LogP contribution in [0, 0.1) is 0 Å². The van der Waals surface area contributed by atoms with Gasteiger partial charge in [-0.2, -0.15) is 4.31 Å². The molecule has 2 aliphatic heterocycles. The van der Waals surface area contributed by atoms with Crippen molar-refractivity contribution in [2.24, 2.45) is 0 Å². The molecular weight excluding hydrogens is 340 g/mol. The number of halogens is 1. The van der Waals surface area contributed by atoms with Gasteiger partial charge in [0, 0.05) is 18.1 Å². The number of fused-ring (bicyclic) bond motifs is 3. The lowest BCUT2D eigenvalue weighted by molar-refractivity contribution is -0.0543. The molecular formula is C14H15ClN4O3S. The molecule has 1 saturated heterocycles. The zero-order valence-corrected chi connectivity index (χ0v) is 13.7. The van der Waals surface area contributed by atoms with Crippen molar-refractivity contribution in [1.82, 2.24) is 19.3 Å². The topological polar surface area (TPSA) is 77.3 Å². The van der Waals surface area contributed by atoms with Crippen LogP contribution in [-0.2, 0) is 21.4 Å². The Morgan fingerprint density at radius 2 is 2.04 bits per heavy atom. The summed E-state index contributed by atoms with van der Waals surface area (Å²) in [5.41, 5.74) is 0.931. The average molecular weight is 355 g/mol. The Morgan fingerprint density at radius 3 is 2.83 bits per heavy atom. The van der Waals surface area contributed by atoms with Gasteiger partial charge in [-0.25, -0.2) is 13.1 Å². The molecule has 1 fully saturated rings. The lowest BCUT2D eigenvalue weighted by Crippen LogP contribution is -2.50. The number of sulfonamides is 1. The summed E-state index contributed by atoms with van der Waals surface area (Å²) in [6.45, 7) is 1.15. The third kappa shape index (κ3) is 2.55. The van der Waals surface area contributed by atoms with E-state index in [1.165, 1.54) is 16.4 Å². The minimum absolute atomic E-state index is 0.0397. The summed E-state index contributed by atoms with van der Waals surface area (Å²) < 4.78 is 34.7. The highest BCUT2D eigenvalue weighted by molar-refractivity contribution is 7.89. The third-order valence-corrected chi connectivity index (χ3v) is 6.48. The van der Waals surface area contributed by atoms with Gasteiger partial charge in [0.25, 0.3) is 0 Å². The molecule has 0 N–H and O–H groups in total. The summed E-state index contributed by atoms with van der Waals surface area (Å²) in [4.78, 5) is 0.248. The average Bonchev–Trinajstić information content (AvgIpc) is 3.03. The fraction of sp³-hybridized carbons (Fsp3) is 0.429. The molecule has 23 heavy (non-hydrogen) atoms. The smallest absolute Gasteiger partial charge is 0.243 e. The van der Waals surface area contributed by atoms with Crippen molar-refractivity contribution in [3.63, 3.8) is 0 Å². The molecule has 0 saturated carbocycles. The summed E-state index contributed by atoms with van der Waals surface area (Å²) in [5, 5.41) is 8.52. The number of nitrogens with zero attached hydrogens (tertiary/aromatic N) is 4. The molecule has 0 aliphatic carbocycles. The van der Waals surface area contributed by atoms with E-state index in [2.05, 4.69) is 10.3 Å². The molecule has 0 unspecified atom stereocenters. The second-order valence-electron chi connectivity index (χ2n) is 5.69. The number of piperidine rings is 1. The summed E-state index contributed by atoms with van der Waals surface area (Å²) in [6.07, 6.45) is 2.13. The van der Waals surface area contributed by atoms with E-state index in [9.17, 15) is 8.42 Å². The molecule has 7 nitrogen and oxygen atoms in total. The first-order valence-electron chi connectivity index (χ1n) is 7.32. The zero-order valence-electron chi connectivity index (χ0n) is 12.2. The molecule has 2 aliphatic rings. The molecule has 0 radical (unpaired) electrons. The van der Waals surface area contributed by atoms with Gasteiger partial charge in [-0.15, -0.1) is 5.10 Å². The fourth-order valence-electron chi connectivity index (χ4n) is 3.13. The van der Waals surface area contributed by atoms with Gasteiger partial charge in [0.05, 0.1) is 35.5 Å². The lowest BCUT2D eigenvalue weighted by Gasteiger charge is -2.40. The van der Waals surface area contributed by atoms with Gasteiger partial charge in [-0.3, -0.25) is 0 Å². The molecule has 4 rings (SSSR count). The summed E-state index contributed by atoms with van der Waals surface area (Å²) in [7, 11) is -3.54. The van der Waals surface area contributed by atoms with Crippen LogP contribution in [0.25, 0.3) is 0 Å². The van der Waals surface area contributed by atoms with Crippen molar-refractivity contribution in [3.05, 3.63) is 41.2 Å². The number of aromatic nitrogens is 3. The van der Waals surface area contributed by atoms with Gasteiger partial charge in [0.1, 0.15) is 0 Å². The first kappa shape index (κ1) is 15.1. The minimum Gasteiger partial charge on any atom is -0.368 e. The number of hydrogen-bond donors (Lipinski definition) is 0. The van der Waals surface area contributed by atoms with Gasteiger partial charge >= 0.3 is 0 Å². The molecule has 0 bridgehead atoms. The number of rotatable bonds is 2. The quantitative estimate of drug-likeness (QED) is 0.816. The van der Waals surface area contributed by atoms with Crippen LogP contribution in [0.3, 0.4) is 0 Å². The van der Waals surface area contributed by atoms with Crippen LogP contribution in [0.15, 0.2) is 35.4 Å². The second kappa shape index (κ2) is 5.55. The van der Waals surface area contributed by atoms with E-state index in [0.29, 0.717) is 31.1 Å². The van der Waals surface area contributed by atoms with E-state index >= 15 is 0 Å². The summed E-state index contributed by atoms with van der Waals surface area (Å²) in [5.74, 6) is 0. The van der Waals surface area contributed by atoms with E-state index in [4.69, 9.17) is 16.3 Å². The Labute approximate surface area is 138 Å². The lowest BCUT2D eigenvalue weighted by atomic mass is 10.0. The van der Waals surface area contributed by atoms with Crippen LogP contribution in [0.1, 0.15) is 18.2 Å². The Balaban J connectivity index is 1.58. The van der Waals surface area contributed by atoms with Crippen molar-refractivity contribution < 1.29 is 13.2 Å². The van der Waals surface area contributed by atoms with Gasteiger partial charge in [0.15, 0.2) is 0 Å². The van der Waals surface area contributed by atoms with Crippen molar-refractivity contribution in [2.45, 2.75) is 30.1 Å². The second-order valence-corrected chi connectivity index (χ2v) is 8.07. The van der Waals surface area contributed by atoms with Crippen LogP contribution in [0.2, 0.25) is 5.02 Å². The fourth-order valence-corrected chi connectivity index (χ4v) is 4.73. The van der Waals surface area contributed by atoms with E-state index in [-0.39, 0.29) is 17.0 Å². The maximum Gasteiger partial charge on any atom is 0.243 e. The molecule has 122 valence electrons. The third-order valence-electron chi connectivity index (χ3n) is 4.35. The summed E-state index contributed by atoms with van der Waals surface area (Å²) in [6, 6.07) is 6.26. The first-order valence-corrected chi connectivity index (χ1v) is 9.14. The minimum atomic E-state index is -3.54. The highest BCUT2D eigenvalue weighted by atomic mass is 35.5. The number of benzene rings is 1. The van der Waals surface area contributed by atoms with Crippen molar-refractivity contribution >= 4 is 21.6 Å². The maximum absolute atomic E-state index is 12.8. The van der Waals surface area contributed by atoms with Crippen LogP contribution >= 0.6 is 11.6 Å². The molecule has 1 aromatic carbocycles. The van der Waals surface area contributed by atoms with Gasteiger partial charge in [-0.1, -0.05) is 16.8 Å². The number of ether oxygens (including phenoxy) is 1. The van der Waals surface area contributed by atoms with Crippen molar-refractivity contribution in [3.8, 4) is 0 Å². The van der Waals surface area contributed by atoms with Gasteiger partial charge in [-0.05, 0) is 30.7 Å². The van der Waals surface area contributed by atoms with Crippen LogP contribution in [-0.4, -0.2) is 46.9 Å². The molecule has 9 heteroatoms. The highest BCUT2D eigenvalue weighted by Gasteiger charge is 2.40. The van der Waals surface area contributed by atoms with E-state index in [0.717, 1.165) is 5.69 Å². The standard InChI is InChI=1S/C14H15ClN4O3S/c15-10-1-3-12(4-2-10)23(20,21)18-6-5-13-14(8-18)22-9-11-7-16-17-19(11)13/h1-4,7,13-14H,5-6,8-9H2/t13-,14-/m0/s1. The van der Waals surface area contributed by atoms with Crippen molar-refractivity contribution in [2.75, 3.05) is 13.1 Å². The Kier molecular flexibility index (Phi) is 3.64. The van der Waals surface area contributed by atoms with Crippen LogP contribution in [0.4, 0.5) is 0 Å². The van der Waals surface area contributed by atoms with E-state index in [1.807, 2.05) is 4.68 Å². The summed E-state index contributed by atoms with van der Waals surface area (Å²) >= 11 is 5.83. The Morgan fingerprint density at radius 1 is 1.26 bits per heavy atom. The first-order chi connectivity index (χ1) is 11.1. The number of hydrogen-bond acceptors (Lipinski definition) is 5.